The fraction of sp³-hybridized carbons (Fsp3) is 0.167. The summed E-state index contributed by atoms with van der Waals surface area (Å²) in [5.41, 5.74) is 3.66. The first kappa shape index (κ1) is 21.0. The number of aryl methyl sites for hydroxylation is 2. The molecule has 4 rings (SSSR count). The van der Waals surface area contributed by atoms with Gasteiger partial charge in [0.25, 0.3) is 0 Å². The highest BCUT2D eigenvalue weighted by molar-refractivity contribution is 6.03. The normalized spacial score (nSPS) is 10.8. The molecule has 0 aliphatic rings. The minimum absolute atomic E-state index is 0.132. The monoisotopic (exact) mass is 430 g/mol. The van der Waals surface area contributed by atoms with Crippen molar-refractivity contribution in [3.8, 4) is 16.9 Å². The Hall–Kier alpha value is -4.20. The quantitative estimate of drug-likeness (QED) is 0.449. The molecule has 2 heterocycles. The summed E-state index contributed by atoms with van der Waals surface area (Å²) in [7, 11) is 0. The SMILES string of the molecule is Cc1nn(-c2ccccc2)c(C)c1-c1noc(NC(=O)CCc2ccccc2)c1C(=O)O. The van der Waals surface area contributed by atoms with E-state index in [0.717, 1.165) is 11.3 Å². The predicted molar refractivity (Wildman–Crippen MR) is 119 cm³/mol. The van der Waals surface area contributed by atoms with E-state index in [0.29, 0.717) is 23.4 Å². The van der Waals surface area contributed by atoms with Gasteiger partial charge in [-0.05, 0) is 38.0 Å². The molecule has 8 heteroatoms. The Morgan fingerprint density at radius 3 is 2.34 bits per heavy atom. The summed E-state index contributed by atoms with van der Waals surface area (Å²) >= 11 is 0. The van der Waals surface area contributed by atoms with Crippen LogP contribution in [0.3, 0.4) is 0 Å². The summed E-state index contributed by atoms with van der Waals surface area (Å²) in [5, 5.41) is 20.9. The van der Waals surface area contributed by atoms with Crippen LogP contribution in [0.15, 0.2) is 65.2 Å². The Labute approximate surface area is 184 Å². The van der Waals surface area contributed by atoms with Gasteiger partial charge in [-0.15, -0.1) is 0 Å². The summed E-state index contributed by atoms with van der Waals surface area (Å²) in [6.07, 6.45) is 0.710. The smallest absolute Gasteiger partial charge is 0.343 e. The van der Waals surface area contributed by atoms with Gasteiger partial charge < -0.3 is 9.63 Å². The van der Waals surface area contributed by atoms with Crippen molar-refractivity contribution in [1.82, 2.24) is 14.9 Å². The number of carbonyl (C=O) groups excluding carboxylic acids is 1. The molecule has 0 spiro atoms. The molecule has 2 N–H and O–H groups in total. The standard InChI is InChI=1S/C24H22N4O4/c1-15-20(16(2)28(26-15)18-11-7-4-8-12-18)22-21(24(30)31)23(32-27-22)25-19(29)14-13-17-9-5-3-6-10-17/h3-12H,13-14H2,1-2H3,(H,25,29)(H,30,31). The molecule has 32 heavy (non-hydrogen) atoms. The van der Waals surface area contributed by atoms with Gasteiger partial charge in [-0.25, -0.2) is 9.48 Å². The number of anilines is 1. The molecule has 4 aromatic rings. The maximum Gasteiger partial charge on any atom is 0.343 e. The molecule has 0 radical (unpaired) electrons. The molecule has 0 bridgehead atoms. The first-order valence-corrected chi connectivity index (χ1v) is 10.1. The lowest BCUT2D eigenvalue weighted by molar-refractivity contribution is -0.116. The van der Waals surface area contributed by atoms with E-state index >= 15 is 0 Å². The molecule has 1 amide bonds. The molecule has 0 aliphatic heterocycles. The lowest BCUT2D eigenvalue weighted by atomic mass is 10.1. The molecule has 0 saturated heterocycles. The number of rotatable bonds is 7. The first-order valence-electron chi connectivity index (χ1n) is 10.1. The fourth-order valence-electron chi connectivity index (χ4n) is 3.64. The highest BCUT2D eigenvalue weighted by Crippen LogP contribution is 2.34. The van der Waals surface area contributed by atoms with E-state index in [1.807, 2.05) is 67.6 Å². The van der Waals surface area contributed by atoms with Crippen molar-refractivity contribution in [3.63, 3.8) is 0 Å². The van der Waals surface area contributed by atoms with Gasteiger partial charge >= 0.3 is 5.97 Å². The van der Waals surface area contributed by atoms with Crippen molar-refractivity contribution in [2.75, 3.05) is 5.32 Å². The van der Waals surface area contributed by atoms with Crippen LogP contribution in [-0.2, 0) is 11.2 Å². The zero-order valence-corrected chi connectivity index (χ0v) is 17.7. The molecule has 0 atom stereocenters. The van der Waals surface area contributed by atoms with Crippen molar-refractivity contribution >= 4 is 17.8 Å². The number of benzene rings is 2. The summed E-state index contributed by atoms with van der Waals surface area (Å²) < 4.78 is 6.98. The van der Waals surface area contributed by atoms with Crippen LogP contribution in [0.25, 0.3) is 16.9 Å². The highest BCUT2D eigenvalue weighted by atomic mass is 16.5. The molecule has 0 fully saturated rings. The summed E-state index contributed by atoms with van der Waals surface area (Å²) in [5.74, 6) is -1.78. The van der Waals surface area contributed by atoms with E-state index in [9.17, 15) is 14.7 Å². The Morgan fingerprint density at radius 1 is 1.03 bits per heavy atom. The van der Waals surface area contributed by atoms with Crippen molar-refractivity contribution in [3.05, 3.63) is 83.2 Å². The fourth-order valence-corrected chi connectivity index (χ4v) is 3.64. The number of amides is 1. The van der Waals surface area contributed by atoms with Gasteiger partial charge in [0.05, 0.1) is 17.1 Å². The molecule has 0 saturated carbocycles. The Balaban J connectivity index is 1.62. The second kappa shape index (κ2) is 8.89. The Kier molecular flexibility index (Phi) is 5.85. The number of aromatic nitrogens is 3. The van der Waals surface area contributed by atoms with Gasteiger partial charge in [-0.1, -0.05) is 53.7 Å². The largest absolute Gasteiger partial charge is 0.477 e. The number of nitrogens with zero attached hydrogens (tertiary/aromatic N) is 3. The van der Waals surface area contributed by atoms with E-state index in [-0.39, 0.29) is 29.5 Å². The zero-order valence-electron chi connectivity index (χ0n) is 17.7. The number of hydrogen-bond donors (Lipinski definition) is 2. The number of para-hydroxylation sites is 1. The van der Waals surface area contributed by atoms with E-state index in [1.54, 1.807) is 11.6 Å². The first-order chi connectivity index (χ1) is 15.5. The number of carboxylic acids is 1. The molecule has 2 aromatic heterocycles. The third-order valence-corrected chi connectivity index (χ3v) is 5.17. The molecule has 162 valence electrons. The van der Waals surface area contributed by atoms with Gasteiger partial charge in [0, 0.05) is 12.0 Å². The Bertz CT molecular complexity index is 1260. The van der Waals surface area contributed by atoms with Crippen molar-refractivity contribution < 1.29 is 19.2 Å². The third kappa shape index (κ3) is 4.15. The zero-order chi connectivity index (χ0) is 22.7. The maximum absolute atomic E-state index is 12.4. The number of aromatic carboxylic acids is 1. The summed E-state index contributed by atoms with van der Waals surface area (Å²) in [6.45, 7) is 3.61. The van der Waals surface area contributed by atoms with Crippen molar-refractivity contribution in [2.45, 2.75) is 26.7 Å². The van der Waals surface area contributed by atoms with Crippen LogP contribution >= 0.6 is 0 Å². The van der Waals surface area contributed by atoms with Crippen LogP contribution < -0.4 is 5.32 Å². The van der Waals surface area contributed by atoms with Gasteiger partial charge in [0.2, 0.25) is 11.8 Å². The number of hydrogen-bond acceptors (Lipinski definition) is 5. The lowest BCUT2D eigenvalue weighted by Crippen LogP contribution is -2.14. The second-order valence-electron chi connectivity index (χ2n) is 7.37. The second-order valence-corrected chi connectivity index (χ2v) is 7.37. The van der Waals surface area contributed by atoms with Crippen LogP contribution in [-0.4, -0.2) is 31.9 Å². The summed E-state index contributed by atoms with van der Waals surface area (Å²) in [4.78, 5) is 24.5. The van der Waals surface area contributed by atoms with Gasteiger partial charge in [-0.2, -0.15) is 5.10 Å². The van der Waals surface area contributed by atoms with Crippen molar-refractivity contribution in [1.29, 1.82) is 0 Å². The van der Waals surface area contributed by atoms with Crippen LogP contribution in [0, 0.1) is 13.8 Å². The molecule has 8 nitrogen and oxygen atoms in total. The van der Waals surface area contributed by atoms with E-state index in [4.69, 9.17) is 4.52 Å². The summed E-state index contributed by atoms with van der Waals surface area (Å²) in [6, 6.07) is 19.1. The molecule has 0 aliphatic carbocycles. The number of carbonyl (C=O) groups is 2. The Morgan fingerprint density at radius 2 is 1.69 bits per heavy atom. The van der Waals surface area contributed by atoms with Crippen LogP contribution in [0.4, 0.5) is 5.88 Å². The van der Waals surface area contributed by atoms with Gasteiger partial charge in [-0.3, -0.25) is 10.1 Å². The lowest BCUT2D eigenvalue weighted by Gasteiger charge is -2.05. The minimum Gasteiger partial charge on any atom is -0.477 e. The molecular formula is C24H22N4O4. The molecular weight excluding hydrogens is 408 g/mol. The third-order valence-electron chi connectivity index (χ3n) is 5.17. The maximum atomic E-state index is 12.4. The van der Waals surface area contributed by atoms with Crippen LogP contribution in [0.5, 0.6) is 0 Å². The van der Waals surface area contributed by atoms with E-state index in [2.05, 4.69) is 15.6 Å². The van der Waals surface area contributed by atoms with Crippen LogP contribution in [0.2, 0.25) is 0 Å². The average molecular weight is 430 g/mol. The number of carboxylic acid groups (broad SMARTS) is 1. The highest BCUT2D eigenvalue weighted by Gasteiger charge is 2.29. The number of nitrogens with one attached hydrogen (secondary N) is 1. The minimum atomic E-state index is -1.24. The van der Waals surface area contributed by atoms with Crippen molar-refractivity contribution in [2.24, 2.45) is 0 Å². The van der Waals surface area contributed by atoms with Gasteiger partial charge in [0.1, 0.15) is 5.69 Å². The van der Waals surface area contributed by atoms with E-state index in [1.165, 1.54) is 0 Å². The predicted octanol–water partition coefficient (Wildman–Crippen LogP) is 4.41. The molecule has 0 unspecified atom stereocenters. The van der Waals surface area contributed by atoms with Gasteiger partial charge in [0.15, 0.2) is 5.56 Å². The average Bonchev–Trinajstić information content (AvgIpc) is 3.33. The molecule has 2 aromatic carbocycles. The topological polar surface area (TPSA) is 110 Å². The van der Waals surface area contributed by atoms with Crippen LogP contribution in [0.1, 0.15) is 33.7 Å². The van der Waals surface area contributed by atoms with E-state index < -0.39 is 5.97 Å².